The van der Waals surface area contributed by atoms with Crippen LogP contribution in [0.15, 0.2) is 47.1 Å². The minimum absolute atomic E-state index is 0.718. The quantitative estimate of drug-likeness (QED) is 0.542. The van der Waals surface area contributed by atoms with Crippen LogP contribution < -0.4 is 0 Å². The van der Waals surface area contributed by atoms with E-state index in [-0.39, 0.29) is 0 Å². The third-order valence-electron chi connectivity index (χ3n) is 2.65. The maximum Gasteiger partial charge on any atom is 0.0796 e. The summed E-state index contributed by atoms with van der Waals surface area (Å²) in [6, 6.07) is 12.3. The summed E-state index contributed by atoms with van der Waals surface area (Å²) in [6.07, 6.45) is 1.75. The third-order valence-corrected chi connectivity index (χ3v) is 3.89. The molecule has 0 saturated heterocycles. The molecule has 0 aliphatic heterocycles. The molecule has 3 aromatic rings. The summed E-state index contributed by atoms with van der Waals surface area (Å²) in [4.78, 5) is 4.44. The van der Waals surface area contributed by atoms with Crippen LogP contribution in [-0.4, -0.2) is 4.98 Å². The maximum absolute atomic E-state index is 6.24. The number of hydrogen-bond donors (Lipinski definition) is 0. The zero-order chi connectivity index (χ0) is 11.1. The molecule has 3 rings (SSSR count). The van der Waals surface area contributed by atoms with Crippen molar-refractivity contribution in [2.75, 3.05) is 0 Å². The summed E-state index contributed by atoms with van der Waals surface area (Å²) in [6.45, 7) is 0. The molecule has 0 bridgehead atoms. The molecule has 0 aliphatic carbocycles. The second kappa shape index (κ2) is 3.72. The first-order chi connectivity index (χ1) is 7.77. The molecular weight excluding hydrogens is 286 g/mol. The fourth-order valence-electron chi connectivity index (χ4n) is 1.88. The first kappa shape index (κ1) is 10.1. The van der Waals surface area contributed by atoms with Gasteiger partial charge in [0.05, 0.1) is 15.0 Å². The van der Waals surface area contributed by atoms with Gasteiger partial charge < -0.3 is 0 Å². The van der Waals surface area contributed by atoms with Crippen LogP contribution in [0.25, 0.3) is 21.7 Å². The molecule has 0 aliphatic rings. The summed E-state index contributed by atoms with van der Waals surface area (Å²) >= 11 is 9.63. The Balaban J connectivity index is 2.58. The Kier molecular flexibility index (Phi) is 2.34. The smallest absolute Gasteiger partial charge is 0.0796 e. The average molecular weight is 293 g/mol. The molecule has 0 amide bonds. The first-order valence-corrected chi connectivity index (χ1v) is 6.06. The van der Waals surface area contributed by atoms with Gasteiger partial charge in [0.2, 0.25) is 0 Å². The number of nitrogens with zero attached hydrogens (tertiary/aromatic N) is 1. The molecule has 0 atom stereocenters. The molecule has 3 heteroatoms. The van der Waals surface area contributed by atoms with Gasteiger partial charge in [-0.25, -0.2) is 0 Å². The van der Waals surface area contributed by atoms with E-state index >= 15 is 0 Å². The van der Waals surface area contributed by atoms with E-state index < -0.39 is 0 Å². The number of pyridine rings is 1. The second-order valence-electron chi connectivity index (χ2n) is 3.60. The number of halogens is 2. The molecule has 0 N–H and O–H groups in total. The predicted octanol–water partition coefficient (Wildman–Crippen LogP) is 4.80. The van der Waals surface area contributed by atoms with E-state index in [1.807, 2.05) is 18.2 Å². The normalized spacial score (nSPS) is 11.1. The van der Waals surface area contributed by atoms with Gasteiger partial charge in [-0.05, 0) is 21.3 Å². The molecule has 1 aromatic heterocycles. The third kappa shape index (κ3) is 1.41. The van der Waals surface area contributed by atoms with E-state index in [2.05, 4.69) is 39.1 Å². The number of aromatic nitrogens is 1. The van der Waals surface area contributed by atoms with Crippen LogP contribution in [0.5, 0.6) is 0 Å². The van der Waals surface area contributed by atoms with Crippen molar-refractivity contribution in [2.24, 2.45) is 0 Å². The summed E-state index contributed by atoms with van der Waals surface area (Å²) in [5.41, 5.74) is 0.950. The van der Waals surface area contributed by atoms with Crippen molar-refractivity contribution in [1.82, 2.24) is 4.98 Å². The molecule has 2 aromatic carbocycles. The molecule has 0 spiro atoms. The van der Waals surface area contributed by atoms with Gasteiger partial charge in [-0.2, -0.15) is 0 Å². The van der Waals surface area contributed by atoms with Crippen molar-refractivity contribution >= 4 is 49.2 Å². The van der Waals surface area contributed by atoms with Crippen molar-refractivity contribution < 1.29 is 0 Å². The summed E-state index contributed by atoms with van der Waals surface area (Å²) in [5.74, 6) is 0. The average Bonchev–Trinajstić information content (AvgIpc) is 2.33. The highest BCUT2D eigenvalue weighted by molar-refractivity contribution is 9.10. The highest BCUT2D eigenvalue weighted by atomic mass is 79.9. The van der Waals surface area contributed by atoms with Crippen molar-refractivity contribution in [3.05, 3.63) is 52.1 Å². The lowest BCUT2D eigenvalue weighted by atomic mass is 10.1. The zero-order valence-electron chi connectivity index (χ0n) is 8.24. The summed E-state index contributed by atoms with van der Waals surface area (Å²) < 4.78 is 0.831. The Labute approximate surface area is 106 Å². The Morgan fingerprint density at radius 1 is 1.00 bits per heavy atom. The van der Waals surface area contributed by atoms with E-state index in [0.717, 1.165) is 25.8 Å². The van der Waals surface area contributed by atoms with Crippen molar-refractivity contribution in [3.63, 3.8) is 0 Å². The second-order valence-corrected chi connectivity index (χ2v) is 4.84. The standard InChI is InChI=1S/C13H7BrClN/c14-11-7-16-13-9-4-2-1-3-8(9)5-6-10(13)12(11)15/h1-7H. The molecular formula is C13H7BrClN. The van der Waals surface area contributed by atoms with Crippen molar-refractivity contribution in [1.29, 1.82) is 0 Å². The van der Waals surface area contributed by atoms with Gasteiger partial charge in [-0.15, -0.1) is 0 Å². The molecule has 16 heavy (non-hydrogen) atoms. The monoisotopic (exact) mass is 291 g/mol. The van der Waals surface area contributed by atoms with Gasteiger partial charge in [-0.1, -0.05) is 48.0 Å². The topological polar surface area (TPSA) is 12.9 Å². The van der Waals surface area contributed by atoms with E-state index in [9.17, 15) is 0 Å². The minimum Gasteiger partial charge on any atom is -0.254 e. The summed E-state index contributed by atoms with van der Waals surface area (Å²) in [5, 5.41) is 4.01. The van der Waals surface area contributed by atoms with Crippen LogP contribution in [0, 0.1) is 0 Å². The number of benzene rings is 2. The SMILES string of the molecule is Clc1c(Br)cnc2c1ccc1ccccc12. The zero-order valence-corrected chi connectivity index (χ0v) is 10.6. The highest BCUT2D eigenvalue weighted by Crippen LogP contribution is 2.32. The molecule has 0 saturated carbocycles. The minimum atomic E-state index is 0.718. The Hall–Kier alpha value is -1.12. The lowest BCUT2D eigenvalue weighted by Crippen LogP contribution is -1.83. The van der Waals surface area contributed by atoms with E-state index in [1.54, 1.807) is 6.20 Å². The molecule has 78 valence electrons. The van der Waals surface area contributed by atoms with Crippen LogP contribution in [-0.2, 0) is 0 Å². The number of hydrogen-bond acceptors (Lipinski definition) is 1. The van der Waals surface area contributed by atoms with Crippen LogP contribution in [0.1, 0.15) is 0 Å². The Morgan fingerprint density at radius 2 is 1.81 bits per heavy atom. The maximum atomic E-state index is 6.24. The van der Waals surface area contributed by atoms with Gasteiger partial charge in [0.25, 0.3) is 0 Å². The number of fused-ring (bicyclic) bond motifs is 3. The lowest BCUT2D eigenvalue weighted by molar-refractivity contribution is 1.40. The van der Waals surface area contributed by atoms with Crippen LogP contribution in [0.3, 0.4) is 0 Å². The fourth-order valence-corrected chi connectivity index (χ4v) is 2.40. The van der Waals surface area contributed by atoms with E-state index in [0.29, 0.717) is 0 Å². The molecule has 1 heterocycles. The first-order valence-electron chi connectivity index (χ1n) is 4.89. The molecule has 0 radical (unpaired) electrons. The van der Waals surface area contributed by atoms with E-state index in [1.165, 1.54) is 5.39 Å². The van der Waals surface area contributed by atoms with E-state index in [4.69, 9.17) is 11.6 Å². The van der Waals surface area contributed by atoms with Crippen LogP contribution in [0.2, 0.25) is 5.02 Å². The fraction of sp³-hybridized carbons (Fsp3) is 0. The predicted molar refractivity (Wildman–Crippen MR) is 72.0 cm³/mol. The summed E-state index contributed by atoms with van der Waals surface area (Å²) in [7, 11) is 0. The Morgan fingerprint density at radius 3 is 2.69 bits per heavy atom. The van der Waals surface area contributed by atoms with Gasteiger partial charge in [0.15, 0.2) is 0 Å². The van der Waals surface area contributed by atoms with Gasteiger partial charge in [0.1, 0.15) is 0 Å². The Bertz CT molecular complexity index is 694. The van der Waals surface area contributed by atoms with Crippen molar-refractivity contribution in [2.45, 2.75) is 0 Å². The van der Waals surface area contributed by atoms with Crippen LogP contribution in [0.4, 0.5) is 0 Å². The van der Waals surface area contributed by atoms with Gasteiger partial charge in [0, 0.05) is 17.0 Å². The van der Waals surface area contributed by atoms with Crippen LogP contribution >= 0.6 is 27.5 Å². The molecule has 0 fully saturated rings. The van der Waals surface area contributed by atoms with Gasteiger partial charge in [-0.3, -0.25) is 4.98 Å². The number of rotatable bonds is 0. The lowest BCUT2D eigenvalue weighted by Gasteiger charge is -2.05. The molecule has 1 nitrogen and oxygen atoms in total. The highest BCUT2D eigenvalue weighted by Gasteiger charge is 2.07. The largest absolute Gasteiger partial charge is 0.254 e. The van der Waals surface area contributed by atoms with Crippen molar-refractivity contribution in [3.8, 4) is 0 Å². The van der Waals surface area contributed by atoms with Gasteiger partial charge >= 0.3 is 0 Å². The molecule has 0 unspecified atom stereocenters.